The number of rotatable bonds is 4. The molecule has 2 heterocycles. The number of amides is 2. The lowest BCUT2D eigenvalue weighted by Gasteiger charge is -2.32. The van der Waals surface area contributed by atoms with E-state index in [2.05, 4.69) is 16.7 Å². The van der Waals surface area contributed by atoms with Gasteiger partial charge in [0.25, 0.3) is 0 Å². The quantitative estimate of drug-likeness (QED) is 0.870. The number of thiophene rings is 1. The van der Waals surface area contributed by atoms with Crippen molar-refractivity contribution in [3.05, 3.63) is 46.7 Å². The summed E-state index contributed by atoms with van der Waals surface area (Å²) >= 11 is 1.67. The van der Waals surface area contributed by atoms with Crippen molar-refractivity contribution in [1.82, 2.24) is 5.32 Å². The maximum Gasteiger partial charge on any atom is 0.239 e. The Labute approximate surface area is 157 Å². The summed E-state index contributed by atoms with van der Waals surface area (Å²) in [6.45, 7) is 1.69. The molecular formula is C20H23N3O2S. The average Bonchev–Trinajstić information content (AvgIpc) is 3.34. The number of hydrogen-bond acceptors (Lipinski definition) is 4. The zero-order valence-corrected chi connectivity index (χ0v) is 15.5. The second-order valence-corrected chi connectivity index (χ2v) is 7.96. The van der Waals surface area contributed by atoms with E-state index in [0.717, 1.165) is 48.5 Å². The summed E-state index contributed by atoms with van der Waals surface area (Å²) in [5, 5.41) is 8.08. The van der Waals surface area contributed by atoms with Crippen LogP contribution < -0.4 is 15.5 Å². The number of benzene rings is 1. The molecule has 1 aliphatic carbocycles. The third-order valence-corrected chi connectivity index (χ3v) is 6.49. The number of para-hydroxylation sites is 2. The van der Waals surface area contributed by atoms with Crippen molar-refractivity contribution < 1.29 is 9.59 Å². The highest BCUT2D eigenvalue weighted by molar-refractivity contribution is 7.10. The lowest BCUT2D eigenvalue weighted by Crippen LogP contribution is -2.48. The normalized spacial score (nSPS) is 19.2. The van der Waals surface area contributed by atoms with Gasteiger partial charge in [-0.15, -0.1) is 11.3 Å². The van der Waals surface area contributed by atoms with Gasteiger partial charge in [-0.2, -0.15) is 0 Å². The summed E-state index contributed by atoms with van der Waals surface area (Å²) in [6.07, 6.45) is 3.96. The smallest absolute Gasteiger partial charge is 0.239 e. The molecular weight excluding hydrogens is 346 g/mol. The summed E-state index contributed by atoms with van der Waals surface area (Å²) in [6, 6.07) is 11.9. The predicted molar refractivity (Wildman–Crippen MR) is 105 cm³/mol. The summed E-state index contributed by atoms with van der Waals surface area (Å²) in [5.74, 6) is 0.0922. The van der Waals surface area contributed by atoms with E-state index in [0.29, 0.717) is 13.1 Å². The molecule has 4 rings (SSSR count). The third kappa shape index (κ3) is 3.09. The number of carbonyl (C=O) groups is 2. The molecule has 0 spiro atoms. The van der Waals surface area contributed by atoms with Gasteiger partial charge < -0.3 is 15.5 Å². The van der Waals surface area contributed by atoms with Gasteiger partial charge in [0.05, 0.1) is 23.3 Å². The molecule has 2 fully saturated rings. The highest BCUT2D eigenvalue weighted by atomic mass is 32.1. The van der Waals surface area contributed by atoms with E-state index in [1.165, 1.54) is 0 Å². The fraction of sp³-hybridized carbons (Fsp3) is 0.400. The Balaban J connectivity index is 1.61. The van der Waals surface area contributed by atoms with Crippen LogP contribution in [0, 0.1) is 0 Å². The van der Waals surface area contributed by atoms with Gasteiger partial charge in [0.1, 0.15) is 0 Å². The van der Waals surface area contributed by atoms with E-state index >= 15 is 0 Å². The van der Waals surface area contributed by atoms with Crippen LogP contribution in [0.25, 0.3) is 0 Å². The maximum absolute atomic E-state index is 13.3. The summed E-state index contributed by atoms with van der Waals surface area (Å²) < 4.78 is 0. The molecule has 0 bridgehead atoms. The van der Waals surface area contributed by atoms with Gasteiger partial charge in [-0.3, -0.25) is 9.59 Å². The second-order valence-electron chi connectivity index (χ2n) is 7.01. The molecule has 0 unspecified atom stereocenters. The molecule has 2 aliphatic rings. The first-order chi connectivity index (χ1) is 12.7. The first-order valence-electron chi connectivity index (χ1n) is 9.15. The topological polar surface area (TPSA) is 61.4 Å². The van der Waals surface area contributed by atoms with E-state index in [4.69, 9.17) is 0 Å². The zero-order valence-electron chi connectivity index (χ0n) is 14.7. The number of carbonyl (C=O) groups excluding carboxylic acids is 2. The third-order valence-electron chi connectivity index (χ3n) is 5.42. The number of nitrogens with zero attached hydrogens (tertiary/aromatic N) is 1. The molecule has 2 amide bonds. The van der Waals surface area contributed by atoms with Crippen LogP contribution in [0.1, 0.15) is 30.6 Å². The molecule has 26 heavy (non-hydrogen) atoms. The monoisotopic (exact) mass is 369 g/mol. The van der Waals surface area contributed by atoms with Crippen LogP contribution in [0.3, 0.4) is 0 Å². The predicted octanol–water partition coefficient (Wildman–Crippen LogP) is 3.13. The van der Waals surface area contributed by atoms with Gasteiger partial charge in [-0.25, -0.2) is 0 Å². The van der Waals surface area contributed by atoms with Gasteiger partial charge in [0, 0.05) is 18.0 Å². The maximum atomic E-state index is 13.3. The highest BCUT2D eigenvalue weighted by Gasteiger charge is 2.43. The standard InChI is InChI=1S/C20H23N3O2S/c24-18-14-23(12-11-21-18)16-7-2-1-6-15(16)22-19(25)20(9-3-4-10-20)17-8-5-13-26-17/h1-2,5-8,13H,3-4,9-12,14H2,(H,21,24)(H,22,25). The van der Waals surface area contributed by atoms with Gasteiger partial charge in [-0.05, 0) is 36.4 Å². The molecule has 1 aliphatic heterocycles. The molecule has 2 aromatic rings. The largest absolute Gasteiger partial charge is 0.359 e. The lowest BCUT2D eigenvalue weighted by molar-refractivity contribution is -0.121. The fourth-order valence-electron chi connectivity index (χ4n) is 4.06. The van der Waals surface area contributed by atoms with Crippen molar-refractivity contribution >= 4 is 34.5 Å². The van der Waals surface area contributed by atoms with Crippen LogP contribution in [0.5, 0.6) is 0 Å². The van der Waals surface area contributed by atoms with Crippen LogP contribution in [0.4, 0.5) is 11.4 Å². The Bertz CT molecular complexity index is 797. The summed E-state index contributed by atoms with van der Waals surface area (Å²) in [4.78, 5) is 28.3. The molecule has 6 heteroatoms. The molecule has 1 saturated heterocycles. The van der Waals surface area contributed by atoms with Gasteiger partial charge in [-0.1, -0.05) is 31.0 Å². The van der Waals surface area contributed by atoms with Crippen LogP contribution in [0.15, 0.2) is 41.8 Å². The second kappa shape index (κ2) is 7.11. The van der Waals surface area contributed by atoms with Crippen molar-refractivity contribution in [2.45, 2.75) is 31.1 Å². The van der Waals surface area contributed by atoms with E-state index < -0.39 is 5.41 Å². The minimum absolute atomic E-state index is 0.0169. The Morgan fingerprint density at radius 2 is 1.96 bits per heavy atom. The summed E-state index contributed by atoms with van der Waals surface area (Å²) in [7, 11) is 0. The van der Waals surface area contributed by atoms with Gasteiger partial charge in [0.2, 0.25) is 11.8 Å². The van der Waals surface area contributed by atoms with E-state index in [9.17, 15) is 9.59 Å². The highest BCUT2D eigenvalue weighted by Crippen LogP contribution is 2.44. The number of hydrogen-bond donors (Lipinski definition) is 2. The van der Waals surface area contributed by atoms with Crippen molar-refractivity contribution in [1.29, 1.82) is 0 Å². The van der Waals surface area contributed by atoms with E-state index in [1.54, 1.807) is 11.3 Å². The van der Waals surface area contributed by atoms with Crippen molar-refractivity contribution in [3.63, 3.8) is 0 Å². The Hall–Kier alpha value is -2.34. The zero-order chi connectivity index (χ0) is 18.0. The Kier molecular flexibility index (Phi) is 4.68. The van der Waals surface area contributed by atoms with Crippen molar-refractivity contribution in [3.8, 4) is 0 Å². The molecule has 1 aromatic heterocycles. The van der Waals surface area contributed by atoms with Crippen LogP contribution >= 0.6 is 11.3 Å². The minimum Gasteiger partial charge on any atom is -0.359 e. The number of nitrogens with one attached hydrogen (secondary N) is 2. The van der Waals surface area contributed by atoms with Crippen LogP contribution in [-0.2, 0) is 15.0 Å². The average molecular weight is 369 g/mol. The molecule has 0 atom stereocenters. The Morgan fingerprint density at radius 1 is 1.15 bits per heavy atom. The van der Waals surface area contributed by atoms with Crippen LogP contribution in [0.2, 0.25) is 0 Å². The van der Waals surface area contributed by atoms with Gasteiger partial charge >= 0.3 is 0 Å². The van der Waals surface area contributed by atoms with E-state index in [1.807, 2.05) is 40.6 Å². The number of piperazine rings is 1. The fourth-order valence-corrected chi connectivity index (χ4v) is 5.04. The molecule has 5 nitrogen and oxygen atoms in total. The SMILES string of the molecule is O=C1CN(c2ccccc2NC(=O)C2(c3cccs3)CCCC2)CCN1. The number of anilines is 2. The molecule has 2 N–H and O–H groups in total. The first-order valence-corrected chi connectivity index (χ1v) is 10.0. The molecule has 1 saturated carbocycles. The molecule has 136 valence electrons. The van der Waals surface area contributed by atoms with Crippen molar-refractivity contribution in [2.75, 3.05) is 29.9 Å². The van der Waals surface area contributed by atoms with Crippen LogP contribution in [-0.4, -0.2) is 31.4 Å². The molecule has 1 aromatic carbocycles. The Morgan fingerprint density at radius 3 is 2.69 bits per heavy atom. The van der Waals surface area contributed by atoms with Crippen molar-refractivity contribution in [2.24, 2.45) is 0 Å². The lowest BCUT2D eigenvalue weighted by atomic mass is 9.83. The summed E-state index contributed by atoms with van der Waals surface area (Å²) in [5.41, 5.74) is 1.28. The van der Waals surface area contributed by atoms with Gasteiger partial charge in [0.15, 0.2) is 0 Å². The minimum atomic E-state index is -0.416. The van der Waals surface area contributed by atoms with E-state index in [-0.39, 0.29) is 11.8 Å². The first kappa shape index (κ1) is 17.1. The molecule has 0 radical (unpaired) electrons.